The van der Waals surface area contributed by atoms with Crippen LogP contribution in [0.4, 0.5) is 5.69 Å². The first kappa shape index (κ1) is 15.1. The van der Waals surface area contributed by atoms with Crippen LogP contribution in [0.5, 0.6) is 0 Å². The summed E-state index contributed by atoms with van der Waals surface area (Å²) in [5, 5.41) is 12.4. The van der Waals surface area contributed by atoms with Gasteiger partial charge in [-0.2, -0.15) is 5.26 Å². The third kappa shape index (κ3) is 3.19. The molecule has 0 bridgehead atoms. The molecule has 116 valence electrons. The Morgan fingerprint density at radius 1 is 1.22 bits per heavy atom. The van der Waals surface area contributed by atoms with E-state index in [0.717, 1.165) is 29.7 Å². The number of hydrogen-bond acceptors (Lipinski definition) is 4. The molecule has 4 heteroatoms. The molecule has 0 saturated heterocycles. The van der Waals surface area contributed by atoms with Gasteiger partial charge in [0.2, 0.25) is 0 Å². The number of rotatable bonds is 4. The molecule has 0 aromatic heterocycles. The predicted octanol–water partition coefficient (Wildman–Crippen LogP) is 3.98. The maximum Gasteiger partial charge on any atom is 0.337 e. The van der Waals surface area contributed by atoms with Crippen LogP contribution in [0.2, 0.25) is 0 Å². The van der Waals surface area contributed by atoms with E-state index in [1.807, 2.05) is 24.3 Å². The van der Waals surface area contributed by atoms with Crippen molar-refractivity contribution in [2.45, 2.75) is 25.3 Å². The maximum atomic E-state index is 11.8. The predicted molar refractivity (Wildman–Crippen MR) is 89.2 cm³/mol. The molecule has 0 amide bonds. The number of methoxy groups -OCH3 is 1. The van der Waals surface area contributed by atoms with Crippen LogP contribution in [0.25, 0.3) is 11.1 Å². The summed E-state index contributed by atoms with van der Waals surface area (Å²) in [5.74, 6) is -0.340. The second-order valence-corrected chi connectivity index (χ2v) is 5.71. The van der Waals surface area contributed by atoms with Gasteiger partial charge in [0.15, 0.2) is 0 Å². The van der Waals surface area contributed by atoms with Crippen molar-refractivity contribution in [3.8, 4) is 17.2 Å². The van der Waals surface area contributed by atoms with E-state index in [-0.39, 0.29) is 5.97 Å². The molecule has 0 heterocycles. The number of benzene rings is 2. The van der Waals surface area contributed by atoms with Crippen LogP contribution >= 0.6 is 0 Å². The van der Waals surface area contributed by atoms with Crippen molar-refractivity contribution >= 4 is 11.7 Å². The number of nitrogens with zero attached hydrogens (tertiary/aromatic N) is 1. The van der Waals surface area contributed by atoms with Gasteiger partial charge in [0.1, 0.15) is 0 Å². The lowest BCUT2D eigenvalue weighted by atomic mass is 9.91. The van der Waals surface area contributed by atoms with E-state index in [0.29, 0.717) is 17.2 Å². The van der Waals surface area contributed by atoms with Gasteiger partial charge < -0.3 is 10.1 Å². The molecule has 4 nitrogen and oxygen atoms in total. The number of anilines is 1. The lowest BCUT2D eigenvalue weighted by Gasteiger charge is -2.29. The zero-order chi connectivity index (χ0) is 16.2. The van der Waals surface area contributed by atoms with Crippen LogP contribution in [0.1, 0.15) is 35.2 Å². The monoisotopic (exact) mass is 306 g/mol. The molecule has 1 saturated carbocycles. The first-order valence-electron chi connectivity index (χ1n) is 7.70. The molecule has 0 unspecified atom stereocenters. The molecule has 0 radical (unpaired) electrons. The normalized spacial score (nSPS) is 13.7. The van der Waals surface area contributed by atoms with Gasteiger partial charge in [0.25, 0.3) is 0 Å². The number of carbonyl (C=O) groups is 1. The Hall–Kier alpha value is -2.80. The fourth-order valence-electron chi connectivity index (χ4n) is 2.66. The fourth-order valence-corrected chi connectivity index (χ4v) is 2.66. The van der Waals surface area contributed by atoms with E-state index < -0.39 is 0 Å². The molecule has 1 fully saturated rings. The highest BCUT2D eigenvalue weighted by molar-refractivity contribution is 5.93. The highest BCUT2D eigenvalue weighted by atomic mass is 16.5. The van der Waals surface area contributed by atoms with Crippen LogP contribution in [0.15, 0.2) is 42.5 Å². The summed E-state index contributed by atoms with van der Waals surface area (Å²) in [6.07, 6.45) is 3.53. The lowest BCUT2D eigenvalue weighted by molar-refractivity contribution is 0.0601. The van der Waals surface area contributed by atoms with Crippen molar-refractivity contribution in [2.24, 2.45) is 0 Å². The van der Waals surface area contributed by atoms with E-state index >= 15 is 0 Å². The summed E-state index contributed by atoms with van der Waals surface area (Å²) in [5.41, 5.74) is 4.14. The summed E-state index contributed by atoms with van der Waals surface area (Å²) >= 11 is 0. The summed E-state index contributed by atoms with van der Waals surface area (Å²) in [6, 6.07) is 15.6. The van der Waals surface area contributed by atoms with E-state index in [2.05, 4.69) is 11.4 Å². The molecule has 3 rings (SSSR count). The highest BCUT2D eigenvalue weighted by Crippen LogP contribution is 2.33. The second-order valence-electron chi connectivity index (χ2n) is 5.71. The highest BCUT2D eigenvalue weighted by Gasteiger charge is 2.19. The van der Waals surface area contributed by atoms with Crippen molar-refractivity contribution in [1.82, 2.24) is 0 Å². The molecular formula is C19H18N2O2. The molecule has 0 atom stereocenters. The van der Waals surface area contributed by atoms with Gasteiger partial charge in [-0.3, -0.25) is 0 Å². The van der Waals surface area contributed by atoms with Gasteiger partial charge in [-0.25, -0.2) is 4.79 Å². The van der Waals surface area contributed by atoms with Crippen LogP contribution in [-0.2, 0) is 4.74 Å². The van der Waals surface area contributed by atoms with Gasteiger partial charge in [-0.1, -0.05) is 18.2 Å². The Morgan fingerprint density at radius 3 is 2.52 bits per heavy atom. The van der Waals surface area contributed by atoms with Gasteiger partial charge >= 0.3 is 5.97 Å². The number of nitriles is 1. The first-order valence-corrected chi connectivity index (χ1v) is 7.70. The van der Waals surface area contributed by atoms with Crippen molar-refractivity contribution < 1.29 is 9.53 Å². The third-order valence-electron chi connectivity index (χ3n) is 4.23. The Kier molecular flexibility index (Phi) is 4.29. The van der Waals surface area contributed by atoms with E-state index in [1.54, 1.807) is 18.2 Å². The molecule has 0 aliphatic heterocycles. The number of ether oxygens (including phenoxy) is 1. The summed E-state index contributed by atoms with van der Waals surface area (Å²) in [6.45, 7) is 0. The molecular weight excluding hydrogens is 288 g/mol. The molecule has 1 aliphatic carbocycles. The number of esters is 1. The van der Waals surface area contributed by atoms with Crippen LogP contribution in [0.3, 0.4) is 0 Å². The maximum absolute atomic E-state index is 11.8. The average Bonchev–Trinajstić information content (AvgIpc) is 2.57. The van der Waals surface area contributed by atoms with E-state index in [1.165, 1.54) is 13.5 Å². The molecule has 2 aromatic carbocycles. The minimum atomic E-state index is -0.340. The molecule has 1 aliphatic rings. The minimum Gasteiger partial charge on any atom is -0.465 e. The first-order chi connectivity index (χ1) is 11.2. The van der Waals surface area contributed by atoms with Gasteiger partial charge in [-0.15, -0.1) is 0 Å². The second kappa shape index (κ2) is 6.53. The summed E-state index contributed by atoms with van der Waals surface area (Å²) in [7, 11) is 1.38. The molecule has 23 heavy (non-hydrogen) atoms. The zero-order valence-corrected chi connectivity index (χ0v) is 13.0. The van der Waals surface area contributed by atoms with Crippen LogP contribution < -0.4 is 5.32 Å². The Morgan fingerprint density at radius 2 is 1.96 bits per heavy atom. The Bertz CT molecular complexity index is 756. The lowest BCUT2D eigenvalue weighted by Crippen LogP contribution is -2.27. The molecule has 2 aromatic rings. The number of nitrogens with one attached hydrogen (secondary N) is 1. The third-order valence-corrected chi connectivity index (χ3v) is 4.23. The summed E-state index contributed by atoms with van der Waals surface area (Å²) < 4.78 is 4.81. The minimum absolute atomic E-state index is 0.340. The quantitative estimate of drug-likeness (QED) is 0.868. The van der Waals surface area contributed by atoms with E-state index in [4.69, 9.17) is 10.00 Å². The van der Waals surface area contributed by atoms with Gasteiger partial charge in [0, 0.05) is 17.3 Å². The fraction of sp³-hybridized carbons (Fsp3) is 0.263. The van der Waals surface area contributed by atoms with Crippen LogP contribution in [-0.4, -0.2) is 19.1 Å². The van der Waals surface area contributed by atoms with Crippen molar-refractivity contribution in [1.29, 1.82) is 5.26 Å². The van der Waals surface area contributed by atoms with Crippen molar-refractivity contribution in [3.05, 3.63) is 53.6 Å². The van der Waals surface area contributed by atoms with Crippen molar-refractivity contribution in [3.63, 3.8) is 0 Å². The number of carbonyl (C=O) groups excluding carboxylic acids is 1. The molecule has 0 spiro atoms. The smallest absolute Gasteiger partial charge is 0.337 e. The summed E-state index contributed by atoms with van der Waals surface area (Å²) in [4.78, 5) is 11.8. The average molecular weight is 306 g/mol. The molecule has 1 N–H and O–H groups in total. The zero-order valence-electron chi connectivity index (χ0n) is 13.0. The van der Waals surface area contributed by atoms with E-state index in [9.17, 15) is 4.79 Å². The van der Waals surface area contributed by atoms with Crippen LogP contribution in [0, 0.1) is 11.3 Å². The van der Waals surface area contributed by atoms with Gasteiger partial charge in [-0.05, 0) is 49.1 Å². The Balaban J connectivity index is 1.99. The van der Waals surface area contributed by atoms with Crippen molar-refractivity contribution in [2.75, 3.05) is 12.4 Å². The SMILES string of the molecule is COC(=O)c1ccc(-c2ccc(C#N)cc2)c(NC2CCC2)c1. The largest absolute Gasteiger partial charge is 0.465 e. The van der Waals surface area contributed by atoms with Gasteiger partial charge in [0.05, 0.1) is 24.3 Å². The topological polar surface area (TPSA) is 62.1 Å². The standard InChI is InChI=1S/C19H18N2O2/c1-23-19(22)15-9-10-17(14-7-5-13(12-20)6-8-14)18(11-15)21-16-3-2-4-16/h5-11,16,21H,2-4H2,1H3. The number of hydrogen-bond donors (Lipinski definition) is 1. The Labute approximate surface area is 135 Å².